The van der Waals surface area contributed by atoms with E-state index in [1.165, 1.54) is 13.3 Å². The second-order valence-electron chi connectivity index (χ2n) is 4.19. The molecule has 0 aliphatic rings. The Morgan fingerprint density at radius 2 is 1.86 bits per heavy atom. The SMILES string of the molecule is COc1ccccc1-c1ccn2nc(C(F)(F)F)nc2n1. The molecule has 2 heterocycles. The Morgan fingerprint density at radius 3 is 2.57 bits per heavy atom. The van der Waals surface area contributed by atoms with Crippen LogP contribution in [-0.4, -0.2) is 26.7 Å². The van der Waals surface area contributed by atoms with Gasteiger partial charge in [-0.2, -0.15) is 18.2 Å². The number of benzene rings is 1. The molecule has 21 heavy (non-hydrogen) atoms. The molecule has 3 aromatic rings. The van der Waals surface area contributed by atoms with Gasteiger partial charge >= 0.3 is 6.18 Å². The first-order valence-corrected chi connectivity index (χ1v) is 5.93. The molecule has 1 aromatic carbocycles. The Hall–Kier alpha value is -2.64. The summed E-state index contributed by atoms with van der Waals surface area (Å²) in [7, 11) is 1.51. The molecule has 0 aliphatic carbocycles. The van der Waals surface area contributed by atoms with Crippen molar-refractivity contribution in [3.63, 3.8) is 0 Å². The zero-order valence-electron chi connectivity index (χ0n) is 10.8. The van der Waals surface area contributed by atoms with Gasteiger partial charge in [0.05, 0.1) is 12.8 Å². The van der Waals surface area contributed by atoms with Gasteiger partial charge in [-0.1, -0.05) is 12.1 Å². The third-order valence-electron chi connectivity index (χ3n) is 2.84. The zero-order valence-corrected chi connectivity index (χ0v) is 10.8. The maximum atomic E-state index is 12.6. The van der Waals surface area contributed by atoms with E-state index < -0.39 is 12.0 Å². The predicted octanol–water partition coefficient (Wildman–Crippen LogP) is 2.82. The molecular formula is C13H9F3N4O. The molecule has 0 amide bonds. The molecule has 5 nitrogen and oxygen atoms in total. The van der Waals surface area contributed by atoms with Crippen molar-refractivity contribution in [3.8, 4) is 17.0 Å². The molecule has 0 bridgehead atoms. The lowest BCUT2D eigenvalue weighted by Crippen LogP contribution is -2.07. The van der Waals surface area contributed by atoms with Gasteiger partial charge in [0.2, 0.25) is 0 Å². The molecule has 2 aromatic heterocycles. The maximum absolute atomic E-state index is 12.6. The standard InChI is InChI=1S/C13H9F3N4O/c1-21-10-5-3-2-4-8(10)9-6-7-20-12(17-9)18-11(19-20)13(14,15)16/h2-7H,1H3. The minimum absolute atomic E-state index is 0.120. The molecule has 8 heteroatoms. The minimum Gasteiger partial charge on any atom is -0.496 e. The van der Waals surface area contributed by atoms with E-state index in [-0.39, 0.29) is 5.78 Å². The molecule has 108 valence electrons. The van der Waals surface area contributed by atoms with Crippen LogP contribution in [0.1, 0.15) is 5.82 Å². The lowest BCUT2D eigenvalue weighted by Gasteiger charge is -2.06. The van der Waals surface area contributed by atoms with Crippen molar-refractivity contribution in [2.24, 2.45) is 0 Å². The van der Waals surface area contributed by atoms with Gasteiger partial charge in [0.1, 0.15) is 5.75 Å². The van der Waals surface area contributed by atoms with E-state index in [9.17, 15) is 13.2 Å². The summed E-state index contributed by atoms with van der Waals surface area (Å²) in [6.07, 6.45) is -3.22. The first-order valence-electron chi connectivity index (χ1n) is 5.93. The third-order valence-corrected chi connectivity index (χ3v) is 2.84. The van der Waals surface area contributed by atoms with E-state index in [2.05, 4.69) is 15.1 Å². The van der Waals surface area contributed by atoms with E-state index in [1.54, 1.807) is 30.3 Å². The van der Waals surface area contributed by atoms with Crippen LogP contribution in [0.15, 0.2) is 36.5 Å². The number of aromatic nitrogens is 4. The molecule has 0 spiro atoms. The van der Waals surface area contributed by atoms with Crippen molar-refractivity contribution >= 4 is 5.78 Å². The van der Waals surface area contributed by atoms with Gasteiger partial charge in [0.15, 0.2) is 0 Å². The summed E-state index contributed by atoms with van der Waals surface area (Å²) in [5, 5.41) is 3.35. The van der Waals surface area contributed by atoms with Crippen LogP contribution in [0.5, 0.6) is 5.75 Å². The van der Waals surface area contributed by atoms with E-state index in [4.69, 9.17) is 4.74 Å². The molecule has 0 saturated carbocycles. The second-order valence-corrected chi connectivity index (χ2v) is 4.19. The number of nitrogens with zero attached hydrogens (tertiary/aromatic N) is 4. The van der Waals surface area contributed by atoms with Crippen LogP contribution >= 0.6 is 0 Å². The van der Waals surface area contributed by atoms with Crippen LogP contribution < -0.4 is 4.74 Å². The third kappa shape index (κ3) is 2.39. The molecule has 0 fully saturated rings. The number of alkyl halides is 3. The van der Waals surface area contributed by atoms with Crippen molar-refractivity contribution in [2.45, 2.75) is 6.18 Å². The first kappa shape index (κ1) is 13.3. The number of methoxy groups -OCH3 is 1. The second kappa shape index (κ2) is 4.72. The van der Waals surface area contributed by atoms with E-state index in [0.717, 1.165) is 4.52 Å². The van der Waals surface area contributed by atoms with Crippen LogP contribution in [-0.2, 0) is 6.18 Å². The van der Waals surface area contributed by atoms with E-state index in [0.29, 0.717) is 17.0 Å². The highest BCUT2D eigenvalue weighted by atomic mass is 19.4. The number of para-hydroxylation sites is 1. The van der Waals surface area contributed by atoms with Gasteiger partial charge < -0.3 is 4.74 Å². The van der Waals surface area contributed by atoms with Gasteiger partial charge in [-0.05, 0) is 18.2 Å². The average molecular weight is 294 g/mol. The number of fused-ring (bicyclic) bond motifs is 1. The normalized spacial score (nSPS) is 11.8. The van der Waals surface area contributed by atoms with Gasteiger partial charge in [-0.15, -0.1) is 5.10 Å². The Balaban J connectivity index is 2.13. The van der Waals surface area contributed by atoms with Crippen molar-refractivity contribution in [2.75, 3.05) is 7.11 Å². The van der Waals surface area contributed by atoms with Crippen molar-refractivity contribution < 1.29 is 17.9 Å². The van der Waals surface area contributed by atoms with Crippen LogP contribution in [0, 0.1) is 0 Å². The van der Waals surface area contributed by atoms with Crippen LogP contribution in [0.25, 0.3) is 17.0 Å². The summed E-state index contributed by atoms with van der Waals surface area (Å²) >= 11 is 0. The molecule has 0 aliphatic heterocycles. The molecule has 0 unspecified atom stereocenters. The number of hydrogen-bond acceptors (Lipinski definition) is 4. The van der Waals surface area contributed by atoms with Crippen molar-refractivity contribution in [1.29, 1.82) is 0 Å². The van der Waals surface area contributed by atoms with Gasteiger partial charge in [0.25, 0.3) is 11.6 Å². The first-order chi connectivity index (χ1) is 9.99. The number of rotatable bonds is 2. The minimum atomic E-state index is -4.60. The van der Waals surface area contributed by atoms with Crippen molar-refractivity contribution in [3.05, 3.63) is 42.4 Å². The molecule has 0 saturated heterocycles. The Labute approximate surface area is 117 Å². The lowest BCUT2D eigenvalue weighted by molar-refractivity contribution is -0.144. The molecular weight excluding hydrogens is 285 g/mol. The number of halogens is 3. The highest BCUT2D eigenvalue weighted by Crippen LogP contribution is 2.29. The van der Waals surface area contributed by atoms with E-state index in [1.807, 2.05) is 0 Å². The van der Waals surface area contributed by atoms with Crippen LogP contribution in [0.4, 0.5) is 13.2 Å². The van der Waals surface area contributed by atoms with Gasteiger partial charge in [-0.25, -0.2) is 9.50 Å². The summed E-state index contributed by atoms with van der Waals surface area (Å²) < 4.78 is 43.9. The number of ether oxygens (including phenoxy) is 1. The predicted molar refractivity (Wildman–Crippen MR) is 67.8 cm³/mol. The summed E-state index contributed by atoms with van der Waals surface area (Å²) in [6, 6.07) is 8.64. The molecule has 3 rings (SSSR count). The molecule has 0 atom stereocenters. The van der Waals surface area contributed by atoms with Crippen LogP contribution in [0.3, 0.4) is 0 Å². The zero-order chi connectivity index (χ0) is 15.0. The van der Waals surface area contributed by atoms with Gasteiger partial charge in [0, 0.05) is 11.8 Å². The Kier molecular flexibility index (Phi) is 3.00. The Bertz CT molecular complexity index is 797. The van der Waals surface area contributed by atoms with Gasteiger partial charge in [-0.3, -0.25) is 0 Å². The summed E-state index contributed by atoms with van der Waals surface area (Å²) in [5.41, 5.74) is 1.13. The summed E-state index contributed by atoms with van der Waals surface area (Å²) in [6.45, 7) is 0. The topological polar surface area (TPSA) is 52.3 Å². The molecule has 0 radical (unpaired) electrons. The van der Waals surface area contributed by atoms with E-state index >= 15 is 0 Å². The highest BCUT2D eigenvalue weighted by Gasteiger charge is 2.36. The largest absolute Gasteiger partial charge is 0.496 e. The number of hydrogen-bond donors (Lipinski definition) is 0. The summed E-state index contributed by atoms with van der Waals surface area (Å²) in [4.78, 5) is 7.50. The lowest BCUT2D eigenvalue weighted by atomic mass is 10.1. The fraction of sp³-hybridized carbons (Fsp3) is 0.154. The fourth-order valence-electron chi connectivity index (χ4n) is 1.90. The quantitative estimate of drug-likeness (QED) is 0.729. The smallest absolute Gasteiger partial charge is 0.453 e. The average Bonchev–Trinajstić information content (AvgIpc) is 2.90. The monoisotopic (exact) mass is 294 g/mol. The fourth-order valence-corrected chi connectivity index (χ4v) is 1.90. The summed E-state index contributed by atoms with van der Waals surface area (Å²) in [5.74, 6) is -0.761. The highest BCUT2D eigenvalue weighted by molar-refractivity contribution is 5.67. The maximum Gasteiger partial charge on any atom is 0.453 e. The van der Waals surface area contributed by atoms with Crippen molar-refractivity contribution in [1.82, 2.24) is 19.6 Å². The van der Waals surface area contributed by atoms with Crippen LogP contribution in [0.2, 0.25) is 0 Å². The molecule has 0 N–H and O–H groups in total. The Morgan fingerprint density at radius 1 is 1.10 bits per heavy atom.